The number of anilines is 1. The van der Waals surface area contributed by atoms with Gasteiger partial charge in [0.05, 0.1) is 18.2 Å². The largest absolute Gasteiger partial charge is 0.383 e. The molecule has 0 fully saturated rings. The van der Waals surface area contributed by atoms with E-state index in [1.54, 1.807) is 6.20 Å². The van der Waals surface area contributed by atoms with Crippen LogP contribution in [0.25, 0.3) is 10.9 Å². The highest BCUT2D eigenvalue weighted by atomic mass is 15.0. The van der Waals surface area contributed by atoms with E-state index in [4.69, 9.17) is 16.7 Å². The van der Waals surface area contributed by atoms with Gasteiger partial charge in [-0.2, -0.15) is 5.26 Å². The molecular formula is C18H17N5. The molecule has 2 aromatic heterocycles. The Bertz CT molecular complexity index is 948. The second-order valence-electron chi connectivity index (χ2n) is 6.07. The Hall–Kier alpha value is -2.84. The van der Waals surface area contributed by atoms with E-state index in [-0.39, 0.29) is 6.04 Å². The van der Waals surface area contributed by atoms with Crippen LogP contribution in [-0.4, -0.2) is 15.6 Å². The molecule has 0 aliphatic heterocycles. The van der Waals surface area contributed by atoms with E-state index in [2.05, 4.69) is 15.6 Å². The van der Waals surface area contributed by atoms with Gasteiger partial charge in [-0.05, 0) is 36.2 Å². The molecule has 114 valence electrons. The van der Waals surface area contributed by atoms with Crippen LogP contribution in [0.2, 0.25) is 0 Å². The van der Waals surface area contributed by atoms with Crippen LogP contribution in [0.5, 0.6) is 0 Å². The summed E-state index contributed by atoms with van der Waals surface area (Å²) in [6, 6.07) is 12.1. The van der Waals surface area contributed by atoms with E-state index in [9.17, 15) is 0 Å². The van der Waals surface area contributed by atoms with Gasteiger partial charge in [-0.15, -0.1) is 0 Å². The first-order valence-corrected chi connectivity index (χ1v) is 7.66. The zero-order chi connectivity index (χ0) is 16.0. The van der Waals surface area contributed by atoms with Crippen LogP contribution in [0.1, 0.15) is 22.4 Å². The van der Waals surface area contributed by atoms with Gasteiger partial charge in [-0.1, -0.05) is 6.07 Å². The maximum absolute atomic E-state index is 9.17. The van der Waals surface area contributed by atoms with E-state index in [1.165, 1.54) is 11.3 Å². The molecule has 0 spiro atoms. The predicted molar refractivity (Wildman–Crippen MR) is 89.8 cm³/mol. The highest BCUT2D eigenvalue weighted by Crippen LogP contribution is 2.34. The number of nitriles is 1. The van der Waals surface area contributed by atoms with Crippen LogP contribution < -0.4 is 11.5 Å². The number of hydrogen-bond donors (Lipinski definition) is 2. The van der Waals surface area contributed by atoms with Crippen LogP contribution >= 0.6 is 0 Å². The summed E-state index contributed by atoms with van der Waals surface area (Å²) in [5, 5.41) is 10.3. The molecule has 1 atom stereocenters. The number of nitrogens with two attached hydrogens (primary N) is 2. The van der Waals surface area contributed by atoms with Crippen molar-refractivity contribution in [3.63, 3.8) is 0 Å². The molecule has 1 aromatic carbocycles. The van der Waals surface area contributed by atoms with Crippen LogP contribution in [0.3, 0.4) is 0 Å². The molecule has 0 unspecified atom stereocenters. The van der Waals surface area contributed by atoms with Crippen molar-refractivity contribution in [1.29, 1.82) is 5.26 Å². The van der Waals surface area contributed by atoms with Crippen molar-refractivity contribution in [3.8, 4) is 6.07 Å². The third-order valence-corrected chi connectivity index (χ3v) is 4.59. The number of aromatic nitrogens is 2. The molecule has 4 rings (SSSR count). The maximum atomic E-state index is 9.17. The van der Waals surface area contributed by atoms with E-state index < -0.39 is 0 Å². The Morgan fingerprint density at radius 3 is 2.96 bits per heavy atom. The average molecular weight is 303 g/mol. The summed E-state index contributed by atoms with van der Waals surface area (Å²) >= 11 is 0. The summed E-state index contributed by atoms with van der Waals surface area (Å²) in [4.78, 5) is 4.17. The third kappa shape index (κ3) is 2.16. The summed E-state index contributed by atoms with van der Waals surface area (Å²) in [6.45, 7) is 0.671. The minimum absolute atomic E-state index is 0.146. The number of rotatable bonds is 2. The Balaban J connectivity index is 1.91. The van der Waals surface area contributed by atoms with Gasteiger partial charge in [0.1, 0.15) is 5.82 Å². The van der Waals surface area contributed by atoms with E-state index >= 15 is 0 Å². The molecule has 0 saturated heterocycles. The second-order valence-corrected chi connectivity index (χ2v) is 6.07. The smallest absolute Gasteiger partial charge is 0.128 e. The lowest BCUT2D eigenvalue weighted by Gasteiger charge is -2.12. The molecule has 2 heterocycles. The summed E-state index contributed by atoms with van der Waals surface area (Å²) in [5.41, 5.74) is 17.5. The van der Waals surface area contributed by atoms with Crippen LogP contribution in [-0.2, 0) is 19.4 Å². The van der Waals surface area contributed by atoms with Crippen molar-refractivity contribution in [2.75, 3.05) is 5.73 Å². The fourth-order valence-electron chi connectivity index (χ4n) is 3.53. The molecule has 5 heteroatoms. The quantitative estimate of drug-likeness (QED) is 0.756. The molecule has 3 aromatic rings. The first-order valence-electron chi connectivity index (χ1n) is 7.66. The van der Waals surface area contributed by atoms with Gasteiger partial charge in [0, 0.05) is 40.8 Å². The molecule has 0 radical (unpaired) electrons. The minimum Gasteiger partial charge on any atom is -0.383 e. The number of nitrogen functional groups attached to an aromatic ring is 1. The SMILES string of the molecule is N#Cc1ccc2c(c1)c1c(n2Cc2cccnc2N)C[C@@H](N)C1. The second kappa shape index (κ2) is 5.11. The standard InChI is InChI=1S/C18H17N5/c19-9-11-3-4-16-14(6-11)15-7-13(20)8-17(15)23(16)10-12-2-1-5-22-18(12)21/h1-6,13H,7-8,10,20H2,(H2,21,22)/t13-/m0/s1. The molecule has 0 bridgehead atoms. The first-order chi connectivity index (χ1) is 11.2. The molecule has 5 nitrogen and oxygen atoms in total. The summed E-state index contributed by atoms with van der Waals surface area (Å²) in [5.74, 6) is 0.555. The third-order valence-electron chi connectivity index (χ3n) is 4.59. The lowest BCUT2D eigenvalue weighted by molar-refractivity contribution is 0.687. The van der Waals surface area contributed by atoms with Crippen molar-refractivity contribution in [2.24, 2.45) is 5.73 Å². The number of benzene rings is 1. The number of nitrogens with zero attached hydrogens (tertiary/aromatic N) is 3. The van der Waals surface area contributed by atoms with E-state index in [0.717, 1.165) is 29.3 Å². The van der Waals surface area contributed by atoms with Gasteiger partial charge in [0.25, 0.3) is 0 Å². The monoisotopic (exact) mass is 303 g/mol. The number of hydrogen-bond acceptors (Lipinski definition) is 4. The predicted octanol–water partition coefficient (Wildman–Crippen LogP) is 1.96. The van der Waals surface area contributed by atoms with E-state index in [0.29, 0.717) is 17.9 Å². The Labute approximate surface area is 134 Å². The summed E-state index contributed by atoms with van der Waals surface area (Å²) < 4.78 is 2.27. The molecule has 1 aliphatic carbocycles. The molecule has 23 heavy (non-hydrogen) atoms. The highest BCUT2D eigenvalue weighted by Gasteiger charge is 2.26. The topological polar surface area (TPSA) is 93.6 Å². The minimum atomic E-state index is 0.146. The van der Waals surface area contributed by atoms with Crippen molar-refractivity contribution < 1.29 is 0 Å². The lowest BCUT2D eigenvalue weighted by atomic mass is 10.1. The van der Waals surface area contributed by atoms with Crippen molar-refractivity contribution in [3.05, 3.63) is 58.9 Å². The fourth-order valence-corrected chi connectivity index (χ4v) is 3.53. The Kier molecular flexibility index (Phi) is 3.07. The van der Waals surface area contributed by atoms with Crippen LogP contribution in [0.15, 0.2) is 36.5 Å². The maximum Gasteiger partial charge on any atom is 0.128 e. The summed E-state index contributed by atoms with van der Waals surface area (Å²) in [7, 11) is 0. The molecular weight excluding hydrogens is 286 g/mol. The first kappa shape index (κ1) is 13.8. The van der Waals surface area contributed by atoms with Gasteiger partial charge < -0.3 is 16.0 Å². The van der Waals surface area contributed by atoms with Crippen LogP contribution in [0.4, 0.5) is 5.82 Å². The zero-order valence-corrected chi connectivity index (χ0v) is 12.7. The van der Waals surface area contributed by atoms with Gasteiger partial charge in [0.2, 0.25) is 0 Å². The molecule has 0 amide bonds. The van der Waals surface area contributed by atoms with Gasteiger partial charge >= 0.3 is 0 Å². The average Bonchev–Trinajstić information content (AvgIpc) is 3.06. The lowest BCUT2D eigenvalue weighted by Crippen LogP contribution is -2.20. The highest BCUT2D eigenvalue weighted by molar-refractivity contribution is 5.87. The van der Waals surface area contributed by atoms with Crippen molar-refractivity contribution >= 4 is 16.7 Å². The van der Waals surface area contributed by atoms with Gasteiger partial charge in [-0.25, -0.2) is 4.98 Å². The fraction of sp³-hybridized carbons (Fsp3) is 0.222. The number of pyridine rings is 1. The Morgan fingerprint density at radius 1 is 1.30 bits per heavy atom. The van der Waals surface area contributed by atoms with Gasteiger partial charge in [-0.3, -0.25) is 0 Å². The van der Waals surface area contributed by atoms with E-state index in [1.807, 2.05) is 30.3 Å². The van der Waals surface area contributed by atoms with Crippen LogP contribution in [0, 0.1) is 11.3 Å². The normalized spacial score (nSPS) is 16.4. The molecule has 1 aliphatic rings. The Morgan fingerprint density at radius 2 is 2.17 bits per heavy atom. The number of fused-ring (bicyclic) bond motifs is 3. The molecule has 0 saturated carbocycles. The molecule has 4 N–H and O–H groups in total. The summed E-state index contributed by atoms with van der Waals surface area (Å²) in [6.07, 6.45) is 3.41. The van der Waals surface area contributed by atoms with Gasteiger partial charge in [0.15, 0.2) is 0 Å². The van der Waals surface area contributed by atoms with Crippen molar-refractivity contribution in [2.45, 2.75) is 25.4 Å². The zero-order valence-electron chi connectivity index (χ0n) is 12.7. The van der Waals surface area contributed by atoms with Crippen molar-refractivity contribution in [1.82, 2.24) is 9.55 Å².